The van der Waals surface area contributed by atoms with Crippen molar-refractivity contribution in [2.45, 2.75) is 38.6 Å². The van der Waals surface area contributed by atoms with Gasteiger partial charge in [-0.3, -0.25) is 9.69 Å². The molecule has 1 aliphatic carbocycles. The Morgan fingerprint density at radius 2 is 1.81 bits per heavy atom. The maximum Gasteiger partial charge on any atom is 0.321 e. The van der Waals surface area contributed by atoms with E-state index in [1.165, 1.54) is 0 Å². The second-order valence-electron chi connectivity index (χ2n) is 5.68. The van der Waals surface area contributed by atoms with Crippen molar-refractivity contribution in [3.63, 3.8) is 0 Å². The molecule has 0 aliphatic heterocycles. The number of carbonyl (C=O) groups excluding carboxylic acids is 1. The third kappa shape index (κ3) is 3.74. The highest BCUT2D eigenvalue weighted by molar-refractivity contribution is 5.92. The normalized spacial score (nSPS) is 21.6. The number of hydrogen-bond acceptors (Lipinski definition) is 2. The van der Waals surface area contributed by atoms with E-state index in [2.05, 4.69) is 5.32 Å². The minimum absolute atomic E-state index is 0.0690. The lowest BCUT2D eigenvalue weighted by molar-refractivity contribution is -0.142. The molecule has 0 radical (unpaired) electrons. The molecule has 1 aromatic rings. The van der Waals surface area contributed by atoms with Gasteiger partial charge >= 0.3 is 12.0 Å². The lowest BCUT2D eigenvalue weighted by atomic mass is 9.86. The maximum absolute atomic E-state index is 12.3. The van der Waals surface area contributed by atoms with E-state index >= 15 is 0 Å². The van der Waals surface area contributed by atoms with Crippen molar-refractivity contribution in [3.05, 3.63) is 29.8 Å². The van der Waals surface area contributed by atoms with Gasteiger partial charge in [-0.25, -0.2) is 4.79 Å². The van der Waals surface area contributed by atoms with Gasteiger partial charge in [0.25, 0.3) is 0 Å². The third-order valence-electron chi connectivity index (χ3n) is 4.19. The molecule has 1 aliphatic rings. The molecule has 0 saturated heterocycles. The van der Waals surface area contributed by atoms with Crippen molar-refractivity contribution in [3.8, 4) is 0 Å². The number of carboxylic acids is 1. The molecule has 21 heavy (non-hydrogen) atoms. The quantitative estimate of drug-likeness (QED) is 0.899. The Hall–Kier alpha value is -2.04. The van der Waals surface area contributed by atoms with Gasteiger partial charge in [-0.2, -0.15) is 0 Å². The number of nitrogens with one attached hydrogen (secondary N) is 1. The minimum Gasteiger partial charge on any atom is -0.481 e. The van der Waals surface area contributed by atoms with Gasteiger partial charge < -0.3 is 10.4 Å². The summed E-state index contributed by atoms with van der Waals surface area (Å²) in [6.07, 6.45) is 2.72. The topological polar surface area (TPSA) is 69.6 Å². The van der Waals surface area contributed by atoms with Gasteiger partial charge in [-0.05, 0) is 44.2 Å². The maximum atomic E-state index is 12.3. The number of aliphatic carboxylic acids is 1. The van der Waals surface area contributed by atoms with Crippen LogP contribution in [0, 0.1) is 12.8 Å². The van der Waals surface area contributed by atoms with Gasteiger partial charge in [0.2, 0.25) is 0 Å². The SMILES string of the molecule is Cc1ccccc1N(C)C(=O)NC1CCC(C(=O)O)CC1. The zero-order valence-electron chi connectivity index (χ0n) is 12.5. The Morgan fingerprint density at radius 3 is 2.38 bits per heavy atom. The van der Waals surface area contributed by atoms with Crippen LogP contribution in [-0.4, -0.2) is 30.2 Å². The number of rotatable bonds is 3. The summed E-state index contributed by atoms with van der Waals surface area (Å²) in [5, 5.41) is 12.0. The summed E-state index contributed by atoms with van der Waals surface area (Å²) in [6, 6.07) is 7.66. The molecule has 1 saturated carbocycles. The van der Waals surface area contributed by atoms with Gasteiger partial charge in [-0.15, -0.1) is 0 Å². The van der Waals surface area contributed by atoms with Crippen molar-refractivity contribution in [1.29, 1.82) is 0 Å². The second kappa shape index (κ2) is 6.61. The molecule has 2 rings (SSSR count). The largest absolute Gasteiger partial charge is 0.481 e. The first-order valence-corrected chi connectivity index (χ1v) is 7.31. The number of carbonyl (C=O) groups is 2. The Balaban J connectivity index is 1.91. The number of hydrogen-bond donors (Lipinski definition) is 2. The van der Waals surface area contributed by atoms with E-state index in [9.17, 15) is 9.59 Å². The predicted molar refractivity (Wildman–Crippen MR) is 81.5 cm³/mol. The van der Waals surface area contributed by atoms with Crippen molar-refractivity contribution in [2.24, 2.45) is 5.92 Å². The first kappa shape index (κ1) is 15.4. The average molecular weight is 290 g/mol. The first-order valence-electron chi connectivity index (χ1n) is 7.31. The number of para-hydroxylation sites is 1. The van der Waals surface area contributed by atoms with Crippen LogP contribution in [0.3, 0.4) is 0 Å². The predicted octanol–water partition coefficient (Wildman–Crippen LogP) is 2.78. The van der Waals surface area contributed by atoms with Gasteiger partial charge in [0.15, 0.2) is 0 Å². The smallest absolute Gasteiger partial charge is 0.321 e. The van der Waals surface area contributed by atoms with E-state index in [1.54, 1.807) is 11.9 Å². The summed E-state index contributed by atoms with van der Waals surface area (Å²) >= 11 is 0. The fourth-order valence-electron chi connectivity index (χ4n) is 2.81. The summed E-state index contributed by atoms with van der Waals surface area (Å²) in [5.74, 6) is -0.982. The Labute approximate surface area is 125 Å². The van der Waals surface area contributed by atoms with E-state index in [0.29, 0.717) is 12.8 Å². The molecule has 1 aromatic carbocycles. The zero-order chi connectivity index (χ0) is 15.4. The number of carboxylic acid groups (broad SMARTS) is 1. The van der Waals surface area contributed by atoms with Gasteiger partial charge in [-0.1, -0.05) is 18.2 Å². The molecule has 0 spiro atoms. The van der Waals surface area contributed by atoms with Crippen molar-refractivity contribution in [2.75, 3.05) is 11.9 Å². The van der Waals surface area contributed by atoms with Crippen molar-refractivity contribution in [1.82, 2.24) is 5.32 Å². The van der Waals surface area contributed by atoms with Crippen LogP contribution in [0.2, 0.25) is 0 Å². The fourth-order valence-corrected chi connectivity index (χ4v) is 2.81. The number of nitrogens with zero attached hydrogens (tertiary/aromatic N) is 1. The molecule has 2 N–H and O–H groups in total. The third-order valence-corrected chi connectivity index (χ3v) is 4.19. The van der Waals surface area contributed by atoms with E-state index in [1.807, 2.05) is 31.2 Å². The fraction of sp³-hybridized carbons (Fsp3) is 0.500. The number of benzene rings is 1. The van der Waals surface area contributed by atoms with Gasteiger partial charge in [0.05, 0.1) is 5.92 Å². The number of urea groups is 1. The van der Waals surface area contributed by atoms with Crippen LogP contribution < -0.4 is 10.2 Å². The van der Waals surface area contributed by atoms with Crippen LogP contribution in [-0.2, 0) is 4.79 Å². The minimum atomic E-state index is -0.725. The second-order valence-corrected chi connectivity index (χ2v) is 5.68. The molecule has 5 heteroatoms. The van der Waals surface area contributed by atoms with Crippen molar-refractivity contribution < 1.29 is 14.7 Å². The van der Waals surface area contributed by atoms with Crippen LogP contribution in [0.4, 0.5) is 10.5 Å². The van der Waals surface area contributed by atoms with Crippen molar-refractivity contribution >= 4 is 17.7 Å². The van der Waals surface area contributed by atoms with E-state index in [0.717, 1.165) is 24.1 Å². The lowest BCUT2D eigenvalue weighted by Crippen LogP contribution is -2.45. The van der Waals surface area contributed by atoms with Crippen LogP contribution >= 0.6 is 0 Å². The highest BCUT2D eigenvalue weighted by Crippen LogP contribution is 2.25. The molecule has 0 atom stereocenters. The number of aryl methyl sites for hydroxylation is 1. The van der Waals surface area contributed by atoms with Crippen LogP contribution in [0.5, 0.6) is 0 Å². The Bertz CT molecular complexity index is 522. The highest BCUT2D eigenvalue weighted by Gasteiger charge is 2.27. The summed E-state index contributed by atoms with van der Waals surface area (Å²) in [5.41, 5.74) is 1.93. The monoisotopic (exact) mass is 290 g/mol. The summed E-state index contributed by atoms with van der Waals surface area (Å²) in [4.78, 5) is 24.8. The summed E-state index contributed by atoms with van der Waals surface area (Å²) in [7, 11) is 1.75. The molecule has 0 bridgehead atoms. The van der Waals surface area contributed by atoms with Gasteiger partial charge in [0.1, 0.15) is 0 Å². The standard InChI is InChI=1S/C16H22N2O3/c1-11-5-3-4-6-14(11)18(2)16(21)17-13-9-7-12(8-10-13)15(19)20/h3-6,12-13H,7-10H2,1-2H3,(H,17,21)(H,19,20). The Morgan fingerprint density at radius 1 is 1.19 bits per heavy atom. The number of anilines is 1. The Kier molecular flexibility index (Phi) is 4.83. The molecule has 0 unspecified atom stereocenters. The molecule has 0 heterocycles. The molecular formula is C16H22N2O3. The molecule has 5 nitrogen and oxygen atoms in total. The lowest BCUT2D eigenvalue weighted by Gasteiger charge is -2.29. The molecule has 114 valence electrons. The zero-order valence-corrected chi connectivity index (χ0v) is 12.5. The van der Waals surface area contributed by atoms with Gasteiger partial charge in [0, 0.05) is 18.8 Å². The number of amides is 2. The van der Waals surface area contributed by atoms with E-state index in [-0.39, 0.29) is 18.0 Å². The average Bonchev–Trinajstić information content (AvgIpc) is 2.47. The van der Waals surface area contributed by atoms with Crippen LogP contribution in [0.15, 0.2) is 24.3 Å². The molecule has 0 aromatic heterocycles. The first-order chi connectivity index (χ1) is 9.99. The highest BCUT2D eigenvalue weighted by atomic mass is 16.4. The van der Waals surface area contributed by atoms with Crippen LogP contribution in [0.1, 0.15) is 31.2 Å². The summed E-state index contributed by atoms with van der Waals surface area (Å²) in [6.45, 7) is 1.97. The van der Waals surface area contributed by atoms with E-state index in [4.69, 9.17) is 5.11 Å². The molecular weight excluding hydrogens is 268 g/mol. The molecule has 1 fully saturated rings. The molecule has 2 amide bonds. The summed E-state index contributed by atoms with van der Waals surface area (Å²) < 4.78 is 0. The van der Waals surface area contributed by atoms with Crippen LogP contribution in [0.25, 0.3) is 0 Å². The van der Waals surface area contributed by atoms with E-state index < -0.39 is 5.97 Å².